The van der Waals surface area contributed by atoms with Gasteiger partial charge in [0.05, 0.1) is 6.04 Å². The van der Waals surface area contributed by atoms with Crippen molar-refractivity contribution in [1.29, 1.82) is 0 Å². The Labute approximate surface area is 244 Å². The number of benzene rings is 2. The molecule has 4 amide bonds. The van der Waals surface area contributed by atoms with Crippen LogP contribution in [0.15, 0.2) is 48.5 Å². The molecule has 13 heteroatoms. The van der Waals surface area contributed by atoms with Gasteiger partial charge in [-0.1, -0.05) is 38.1 Å². The predicted molar refractivity (Wildman–Crippen MR) is 157 cm³/mol. The molecule has 2 rings (SSSR count). The van der Waals surface area contributed by atoms with Crippen molar-refractivity contribution in [3.8, 4) is 0 Å². The van der Waals surface area contributed by atoms with Crippen molar-refractivity contribution in [3.63, 3.8) is 0 Å². The van der Waals surface area contributed by atoms with E-state index in [0.29, 0.717) is 23.5 Å². The Balaban J connectivity index is 1.83. The third-order valence-electron chi connectivity index (χ3n) is 6.32. The third-order valence-corrected chi connectivity index (χ3v) is 6.32. The van der Waals surface area contributed by atoms with Gasteiger partial charge in [0.1, 0.15) is 18.7 Å². The average Bonchev–Trinajstić information content (AvgIpc) is 2.95. The number of hydrogen-bond donors (Lipinski definition) is 7. The van der Waals surface area contributed by atoms with Crippen LogP contribution in [0.1, 0.15) is 44.7 Å². The zero-order valence-corrected chi connectivity index (χ0v) is 24.2. The molecular formula is C29H40N6O7. The van der Waals surface area contributed by atoms with Gasteiger partial charge < -0.3 is 42.2 Å². The smallest absolute Gasteiger partial charge is 0.407 e. The minimum Gasteiger partial charge on any atom is -0.481 e. The van der Waals surface area contributed by atoms with Gasteiger partial charge in [0.25, 0.3) is 0 Å². The molecule has 2 aromatic rings. The Kier molecular flexibility index (Phi) is 13.2. The van der Waals surface area contributed by atoms with E-state index in [-0.39, 0.29) is 25.4 Å². The van der Waals surface area contributed by atoms with E-state index < -0.39 is 47.9 Å². The van der Waals surface area contributed by atoms with E-state index in [0.717, 1.165) is 5.56 Å². The van der Waals surface area contributed by atoms with E-state index in [1.165, 1.54) is 14.0 Å². The van der Waals surface area contributed by atoms with E-state index in [1.54, 1.807) is 50.2 Å². The molecule has 13 nitrogen and oxygen atoms in total. The Hall–Kier alpha value is -4.65. The van der Waals surface area contributed by atoms with Crippen molar-refractivity contribution in [2.24, 2.45) is 5.92 Å². The predicted octanol–water partition coefficient (Wildman–Crippen LogP) is 1.73. The number of carboxylic acids is 1. The second-order valence-corrected chi connectivity index (χ2v) is 10.1. The van der Waals surface area contributed by atoms with Gasteiger partial charge in [-0.25, -0.2) is 4.79 Å². The average molecular weight is 585 g/mol. The molecule has 0 aromatic heterocycles. The molecule has 0 saturated carbocycles. The van der Waals surface area contributed by atoms with E-state index in [4.69, 9.17) is 15.6 Å². The van der Waals surface area contributed by atoms with Gasteiger partial charge in [0.2, 0.25) is 17.7 Å². The first-order chi connectivity index (χ1) is 19.9. The van der Waals surface area contributed by atoms with Crippen LogP contribution < -0.4 is 32.3 Å². The zero-order valence-electron chi connectivity index (χ0n) is 24.2. The molecule has 0 aliphatic heterocycles. The van der Waals surface area contributed by atoms with Crippen LogP contribution in [0.5, 0.6) is 0 Å². The summed E-state index contributed by atoms with van der Waals surface area (Å²) in [6, 6.07) is 11.1. The number of rotatable bonds is 15. The largest absolute Gasteiger partial charge is 0.481 e. The van der Waals surface area contributed by atoms with E-state index in [2.05, 4.69) is 26.6 Å². The molecule has 0 aliphatic rings. The molecular weight excluding hydrogens is 544 g/mol. The number of amides is 4. The Morgan fingerprint density at radius 2 is 1.48 bits per heavy atom. The van der Waals surface area contributed by atoms with Crippen LogP contribution in [0.2, 0.25) is 0 Å². The van der Waals surface area contributed by atoms with Gasteiger partial charge in [-0.15, -0.1) is 0 Å². The van der Waals surface area contributed by atoms with Crippen LogP contribution in [-0.2, 0) is 37.1 Å². The van der Waals surface area contributed by atoms with Crippen LogP contribution in [0.25, 0.3) is 0 Å². The number of nitrogen functional groups attached to an aromatic ring is 1. The standard InChI is InChI=1S/C29H40N6O7/c1-17(2)25(35-27(39)23(31-4)13-14-24(36)37)28(40)33-18(3)26(38)34-22-11-7-20(8-12-22)16-42-29(41)32-15-19-5-9-21(30)10-6-19/h5-12,17-18,23,25,31H,13-16,30H2,1-4H3,(H,32,41)(H,33,40)(H,34,38)(H,35,39)(H,36,37)/t18-,23-,25-/m0/s1. The summed E-state index contributed by atoms with van der Waals surface area (Å²) < 4.78 is 5.22. The summed E-state index contributed by atoms with van der Waals surface area (Å²) >= 11 is 0. The fraction of sp³-hybridized carbons (Fsp3) is 0.414. The number of alkyl carbamates (subject to hydrolysis) is 1. The quantitative estimate of drug-likeness (QED) is 0.152. The van der Waals surface area contributed by atoms with Gasteiger partial charge in [0, 0.05) is 24.3 Å². The number of carbonyl (C=O) groups excluding carboxylic acids is 4. The Morgan fingerprint density at radius 3 is 2.05 bits per heavy atom. The molecule has 228 valence electrons. The highest BCUT2D eigenvalue weighted by atomic mass is 16.5. The second kappa shape index (κ2) is 16.6. The Bertz CT molecular complexity index is 1220. The number of anilines is 2. The lowest BCUT2D eigenvalue weighted by Crippen LogP contribution is -2.56. The number of carboxylic acid groups (broad SMARTS) is 1. The number of hydrogen-bond acceptors (Lipinski definition) is 8. The van der Waals surface area contributed by atoms with Crippen molar-refractivity contribution in [2.45, 2.75) is 64.9 Å². The van der Waals surface area contributed by atoms with Crippen LogP contribution in [0.4, 0.5) is 16.2 Å². The molecule has 0 saturated heterocycles. The summed E-state index contributed by atoms with van der Waals surface area (Å²) in [5.41, 5.74) is 8.34. The first-order valence-corrected chi connectivity index (χ1v) is 13.5. The molecule has 0 bridgehead atoms. The lowest BCUT2D eigenvalue weighted by Gasteiger charge is -2.26. The fourth-order valence-corrected chi connectivity index (χ4v) is 3.78. The van der Waals surface area contributed by atoms with Crippen LogP contribution in [-0.4, -0.2) is 60.1 Å². The summed E-state index contributed by atoms with van der Waals surface area (Å²) in [6.07, 6.45) is -0.721. The van der Waals surface area contributed by atoms with Crippen molar-refractivity contribution in [3.05, 3.63) is 59.7 Å². The summed E-state index contributed by atoms with van der Waals surface area (Å²) in [7, 11) is 1.53. The molecule has 8 N–H and O–H groups in total. The number of ether oxygens (including phenoxy) is 1. The van der Waals surface area contributed by atoms with Gasteiger partial charge in [-0.05, 0) is 61.7 Å². The highest BCUT2D eigenvalue weighted by molar-refractivity contribution is 5.98. The Morgan fingerprint density at radius 1 is 0.857 bits per heavy atom. The molecule has 0 fully saturated rings. The first kappa shape index (κ1) is 33.6. The first-order valence-electron chi connectivity index (χ1n) is 13.5. The zero-order chi connectivity index (χ0) is 31.2. The summed E-state index contributed by atoms with van der Waals surface area (Å²) in [5.74, 6) is -2.85. The van der Waals surface area contributed by atoms with Crippen molar-refractivity contribution in [1.82, 2.24) is 21.3 Å². The van der Waals surface area contributed by atoms with E-state index >= 15 is 0 Å². The molecule has 2 aromatic carbocycles. The lowest BCUT2D eigenvalue weighted by molar-refractivity contribution is -0.137. The van der Waals surface area contributed by atoms with Gasteiger partial charge in [0.15, 0.2) is 0 Å². The monoisotopic (exact) mass is 584 g/mol. The topological polar surface area (TPSA) is 201 Å². The molecule has 3 atom stereocenters. The maximum Gasteiger partial charge on any atom is 0.407 e. The maximum absolute atomic E-state index is 12.9. The summed E-state index contributed by atoms with van der Waals surface area (Å²) in [6.45, 7) is 5.33. The molecule has 42 heavy (non-hydrogen) atoms. The number of nitrogens with one attached hydrogen (secondary N) is 5. The SMILES string of the molecule is CN[C@@H](CCC(=O)O)C(=O)N[C@H](C(=O)N[C@@H](C)C(=O)Nc1ccc(COC(=O)NCc2ccc(N)cc2)cc1)C(C)C. The summed E-state index contributed by atoms with van der Waals surface area (Å²) in [5, 5.41) is 22.3. The highest BCUT2D eigenvalue weighted by Gasteiger charge is 2.29. The van der Waals surface area contributed by atoms with E-state index in [1.807, 2.05) is 12.1 Å². The lowest BCUT2D eigenvalue weighted by atomic mass is 10.0. The van der Waals surface area contributed by atoms with Crippen LogP contribution >= 0.6 is 0 Å². The number of nitrogens with two attached hydrogens (primary N) is 1. The van der Waals surface area contributed by atoms with Crippen molar-refractivity contribution < 1.29 is 33.8 Å². The van der Waals surface area contributed by atoms with E-state index in [9.17, 15) is 24.0 Å². The molecule has 0 spiro atoms. The fourth-order valence-electron chi connectivity index (χ4n) is 3.78. The van der Waals surface area contributed by atoms with Gasteiger partial charge in [-0.3, -0.25) is 19.2 Å². The van der Waals surface area contributed by atoms with Crippen molar-refractivity contribution >= 4 is 41.2 Å². The van der Waals surface area contributed by atoms with Gasteiger partial charge in [-0.2, -0.15) is 0 Å². The minimum absolute atomic E-state index is 0.0291. The van der Waals surface area contributed by atoms with Crippen molar-refractivity contribution in [2.75, 3.05) is 18.1 Å². The second-order valence-electron chi connectivity index (χ2n) is 10.1. The number of likely N-dealkylation sites (N-methyl/N-ethyl adjacent to an activating group) is 1. The van der Waals surface area contributed by atoms with Gasteiger partial charge >= 0.3 is 12.1 Å². The molecule has 0 aliphatic carbocycles. The maximum atomic E-state index is 12.9. The molecule has 0 radical (unpaired) electrons. The summed E-state index contributed by atoms with van der Waals surface area (Å²) in [4.78, 5) is 61.1. The highest BCUT2D eigenvalue weighted by Crippen LogP contribution is 2.12. The minimum atomic E-state index is -1.03. The van der Waals surface area contributed by atoms with Crippen LogP contribution in [0.3, 0.4) is 0 Å². The van der Waals surface area contributed by atoms with Crippen LogP contribution in [0, 0.1) is 5.92 Å². The number of aliphatic carboxylic acids is 1. The molecule has 0 heterocycles. The molecule has 0 unspecified atom stereocenters. The normalized spacial score (nSPS) is 12.9. The number of carbonyl (C=O) groups is 5. The third kappa shape index (κ3) is 11.5.